The van der Waals surface area contributed by atoms with E-state index in [0.29, 0.717) is 13.0 Å². The molecule has 1 unspecified atom stereocenters. The van der Waals surface area contributed by atoms with Gasteiger partial charge in [0.25, 0.3) is 0 Å². The minimum Gasteiger partial charge on any atom is -0.464 e. The zero-order valence-electron chi connectivity index (χ0n) is 12.8. The van der Waals surface area contributed by atoms with E-state index in [0.717, 1.165) is 22.8 Å². The molecule has 2 aromatic rings. The van der Waals surface area contributed by atoms with Gasteiger partial charge in [0.15, 0.2) is 0 Å². The van der Waals surface area contributed by atoms with Gasteiger partial charge >= 0.3 is 0 Å². The average molecular weight is 286 g/mol. The van der Waals surface area contributed by atoms with Crippen molar-refractivity contribution >= 4 is 11.6 Å². The third-order valence-corrected chi connectivity index (χ3v) is 3.26. The van der Waals surface area contributed by atoms with Crippen LogP contribution in [0.15, 0.2) is 40.8 Å². The third kappa shape index (κ3) is 4.38. The molecule has 4 nitrogen and oxygen atoms in total. The summed E-state index contributed by atoms with van der Waals surface area (Å²) in [5.41, 5.74) is 2.02. The Balaban J connectivity index is 1.94. The first-order chi connectivity index (χ1) is 10.1. The number of aryl methyl sites for hydroxylation is 1. The van der Waals surface area contributed by atoms with Gasteiger partial charge in [0.2, 0.25) is 5.91 Å². The fraction of sp³-hybridized carbons (Fsp3) is 0.353. The zero-order chi connectivity index (χ0) is 15.2. The van der Waals surface area contributed by atoms with E-state index in [4.69, 9.17) is 4.42 Å². The first-order valence-corrected chi connectivity index (χ1v) is 7.27. The number of hydrogen-bond donors (Lipinski definition) is 2. The molecule has 2 N–H and O–H groups in total. The van der Waals surface area contributed by atoms with Crippen LogP contribution in [0.3, 0.4) is 0 Å². The molecule has 0 radical (unpaired) electrons. The highest BCUT2D eigenvalue weighted by Gasteiger charge is 2.09. The minimum atomic E-state index is 0.0534. The lowest BCUT2D eigenvalue weighted by atomic mass is 10.1. The largest absolute Gasteiger partial charge is 0.464 e. The van der Waals surface area contributed by atoms with Crippen LogP contribution >= 0.6 is 0 Å². The predicted octanol–water partition coefficient (Wildman–Crippen LogP) is 3.44. The SMILES string of the molecule is CCNC(=O)Cc1ccc(NC(C)c2ccc(C)o2)cc1. The molecule has 0 bridgehead atoms. The Kier molecular flexibility index (Phi) is 5.04. The standard InChI is InChI=1S/C17H22N2O2/c1-4-18-17(20)11-14-6-8-15(9-7-14)19-13(3)16-10-5-12(2)21-16/h5-10,13,19H,4,11H2,1-3H3,(H,18,20). The van der Waals surface area contributed by atoms with Crippen molar-refractivity contribution in [3.63, 3.8) is 0 Å². The van der Waals surface area contributed by atoms with Crippen molar-refractivity contribution in [2.45, 2.75) is 33.2 Å². The highest BCUT2D eigenvalue weighted by atomic mass is 16.3. The molecule has 1 atom stereocenters. The zero-order valence-corrected chi connectivity index (χ0v) is 12.8. The van der Waals surface area contributed by atoms with Crippen molar-refractivity contribution in [3.05, 3.63) is 53.5 Å². The van der Waals surface area contributed by atoms with Crippen LogP contribution in [0.2, 0.25) is 0 Å². The molecule has 0 aliphatic carbocycles. The lowest BCUT2D eigenvalue weighted by Crippen LogP contribution is -2.24. The molecule has 0 fully saturated rings. The summed E-state index contributed by atoms with van der Waals surface area (Å²) >= 11 is 0. The van der Waals surface area contributed by atoms with Crippen LogP contribution in [0.4, 0.5) is 5.69 Å². The second kappa shape index (κ2) is 6.97. The highest BCUT2D eigenvalue weighted by Crippen LogP contribution is 2.21. The van der Waals surface area contributed by atoms with Gasteiger partial charge in [-0.1, -0.05) is 12.1 Å². The Hall–Kier alpha value is -2.23. The molecule has 0 saturated carbocycles. The number of rotatable bonds is 6. The van der Waals surface area contributed by atoms with Crippen molar-refractivity contribution in [3.8, 4) is 0 Å². The van der Waals surface area contributed by atoms with Crippen molar-refractivity contribution in [1.82, 2.24) is 5.32 Å². The molecule has 4 heteroatoms. The van der Waals surface area contributed by atoms with Gasteiger partial charge < -0.3 is 15.1 Å². The number of benzene rings is 1. The summed E-state index contributed by atoms with van der Waals surface area (Å²) in [6.07, 6.45) is 0.418. The summed E-state index contributed by atoms with van der Waals surface area (Å²) in [5.74, 6) is 1.88. The molecule has 0 aliphatic heterocycles. The normalized spacial score (nSPS) is 12.0. The van der Waals surface area contributed by atoms with E-state index in [1.54, 1.807) is 0 Å². The van der Waals surface area contributed by atoms with Gasteiger partial charge in [0.1, 0.15) is 11.5 Å². The van der Waals surface area contributed by atoms with E-state index in [-0.39, 0.29) is 11.9 Å². The Morgan fingerprint density at radius 3 is 2.48 bits per heavy atom. The fourth-order valence-electron chi connectivity index (χ4n) is 2.17. The molecular weight excluding hydrogens is 264 g/mol. The maximum atomic E-state index is 11.5. The van der Waals surface area contributed by atoms with Gasteiger partial charge in [-0.3, -0.25) is 4.79 Å². The number of carbonyl (C=O) groups is 1. The summed E-state index contributed by atoms with van der Waals surface area (Å²) in [4.78, 5) is 11.5. The van der Waals surface area contributed by atoms with Crippen molar-refractivity contribution in [2.75, 3.05) is 11.9 Å². The molecule has 0 saturated heterocycles. The van der Waals surface area contributed by atoms with Crippen molar-refractivity contribution < 1.29 is 9.21 Å². The van der Waals surface area contributed by atoms with Gasteiger partial charge in [-0.05, 0) is 50.6 Å². The maximum Gasteiger partial charge on any atom is 0.224 e. The average Bonchev–Trinajstić information content (AvgIpc) is 2.88. The first-order valence-electron chi connectivity index (χ1n) is 7.27. The van der Waals surface area contributed by atoms with E-state index >= 15 is 0 Å². The van der Waals surface area contributed by atoms with Gasteiger partial charge in [-0.25, -0.2) is 0 Å². The Labute approximate surface area is 125 Å². The van der Waals surface area contributed by atoms with Gasteiger partial charge in [0, 0.05) is 12.2 Å². The topological polar surface area (TPSA) is 54.3 Å². The number of anilines is 1. The molecule has 1 aromatic carbocycles. The third-order valence-electron chi connectivity index (χ3n) is 3.26. The second-order valence-corrected chi connectivity index (χ2v) is 5.14. The summed E-state index contributed by atoms with van der Waals surface area (Å²) in [6, 6.07) is 12.0. The van der Waals surface area contributed by atoms with Crippen LogP contribution in [0.5, 0.6) is 0 Å². The van der Waals surface area contributed by atoms with Crippen molar-refractivity contribution in [2.24, 2.45) is 0 Å². The fourth-order valence-corrected chi connectivity index (χ4v) is 2.17. The Morgan fingerprint density at radius 2 is 1.90 bits per heavy atom. The van der Waals surface area contributed by atoms with Gasteiger partial charge in [-0.15, -0.1) is 0 Å². The number of hydrogen-bond acceptors (Lipinski definition) is 3. The van der Waals surface area contributed by atoms with Crippen molar-refractivity contribution in [1.29, 1.82) is 0 Å². The summed E-state index contributed by atoms with van der Waals surface area (Å²) < 4.78 is 5.61. The van der Waals surface area contributed by atoms with Crippen LogP contribution in [0, 0.1) is 6.92 Å². The molecule has 2 rings (SSSR count). The monoisotopic (exact) mass is 286 g/mol. The summed E-state index contributed by atoms with van der Waals surface area (Å²) in [7, 11) is 0. The number of carbonyl (C=O) groups excluding carboxylic acids is 1. The molecule has 0 aliphatic rings. The highest BCUT2D eigenvalue weighted by molar-refractivity contribution is 5.78. The Morgan fingerprint density at radius 1 is 1.19 bits per heavy atom. The van der Waals surface area contributed by atoms with E-state index < -0.39 is 0 Å². The van der Waals surface area contributed by atoms with E-state index in [1.165, 1.54) is 0 Å². The lowest BCUT2D eigenvalue weighted by molar-refractivity contribution is -0.120. The quantitative estimate of drug-likeness (QED) is 0.855. The molecule has 1 aromatic heterocycles. The molecule has 1 heterocycles. The molecule has 21 heavy (non-hydrogen) atoms. The van der Waals surface area contributed by atoms with Gasteiger partial charge in [0.05, 0.1) is 12.5 Å². The maximum absolute atomic E-state index is 11.5. The van der Waals surface area contributed by atoms with Gasteiger partial charge in [-0.2, -0.15) is 0 Å². The molecule has 112 valence electrons. The van der Waals surface area contributed by atoms with Crippen LogP contribution in [0.25, 0.3) is 0 Å². The molecule has 1 amide bonds. The van der Waals surface area contributed by atoms with E-state index in [2.05, 4.69) is 17.6 Å². The lowest BCUT2D eigenvalue weighted by Gasteiger charge is -2.13. The van der Waals surface area contributed by atoms with Crippen LogP contribution in [-0.4, -0.2) is 12.5 Å². The number of likely N-dealkylation sites (N-methyl/N-ethyl adjacent to an activating group) is 1. The molecular formula is C17H22N2O2. The number of amides is 1. The predicted molar refractivity (Wildman–Crippen MR) is 84.3 cm³/mol. The smallest absolute Gasteiger partial charge is 0.224 e. The summed E-state index contributed by atoms with van der Waals surface area (Å²) in [6.45, 7) is 6.58. The van der Waals surface area contributed by atoms with Crippen LogP contribution in [0.1, 0.15) is 37.0 Å². The van der Waals surface area contributed by atoms with E-state index in [1.807, 2.05) is 50.2 Å². The minimum absolute atomic E-state index is 0.0534. The molecule has 0 spiro atoms. The summed E-state index contributed by atoms with van der Waals surface area (Å²) in [5, 5.41) is 6.18. The van der Waals surface area contributed by atoms with Crippen LogP contribution < -0.4 is 10.6 Å². The van der Waals surface area contributed by atoms with Crippen LogP contribution in [-0.2, 0) is 11.2 Å². The number of furan rings is 1. The second-order valence-electron chi connectivity index (χ2n) is 5.14. The Bertz CT molecular complexity index is 587. The first kappa shape index (κ1) is 15.2. The number of nitrogens with one attached hydrogen (secondary N) is 2. The van der Waals surface area contributed by atoms with E-state index in [9.17, 15) is 4.79 Å².